The van der Waals surface area contributed by atoms with Gasteiger partial charge in [0.2, 0.25) is 0 Å². The number of fused-ring (bicyclic) bond motifs is 4. The quantitative estimate of drug-likeness (QED) is 0.0225. The van der Waals surface area contributed by atoms with Crippen LogP contribution in [0.4, 0.5) is 0 Å². The summed E-state index contributed by atoms with van der Waals surface area (Å²) in [5.41, 5.74) is 0. The molecule has 17 heteroatoms. The highest BCUT2D eigenvalue weighted by Crippen LogP contribution is 2.47. The van der Waals surface area contributed by atoms with Crippen LogP contribution in [0.25, 0.3) is 0 Å². The molecule has 16 nitrogen and oxygen atoms in total. The number of hydrogen-bond donors (Lipinski definition) is 8. The van der Waals surface area contributed by atoms with Gasteiger partial charge in [-0.15, -0.1) is 0 Å². The molecule has 0 aromatic rings. The lowest BCUT2D eigenvalue weighted by atomic mass is 9.83. The summed E-state index contributed by atoms with van der Waals surface area (Å²) in [6, 6.07) is 0. The fraction of sp³-hybridized carbons (Fsp3) is 0.706. The largest absolute Gasteiger partial charge is 0.472 e. The predicted octanol–water partition coefficient (Wildman–Crippen LogP) is 6.87. The molecule has 0 aromatic heterocycles. The number of Topliss-reactive ketones (excluding diaryl/α,β-unsaturated/α-hetero) is 1. The molecule has 8 N–H and O–H groups in total. The van der Waals surface area contributed by atoms with Gasteiger partial charge in [0.15, 0.2) is 6.10 Å². The van der Waals surface area contributed by atoms with Crippen LogP contribution >= 0.6 is 7.82 Å². The van der Waals surface area contributed by atoms with E-state index >= 15 is 0 Å². The van der Waals surface area contributed by atoms with Gasteiger partial charge in [0.1, 0.15) is 36.8 Å². The maximum Gasteiger partial charge on any atom is 0.472 e. The Morgan fingerprint density at radius 2 is 1.31 bits per heavy atom. The second kappa shape index (κ2) is 35.9. The number of carbonyl (C=O) groups is 3. The molecule has 0 spiro atoms. The highest BCUT2D eigenvalue weighted by molar-refractivity contribution is 7.47. The lowest BCUT2D eigenvalue weighted by Crippen LogP contribution is -2.55. The first-order chi connectivity index (χ1) is 32.6. The maximum atomic E-state index is 13.6. The number of ketones is 1. The van der Waals surface area contributed by atoms with Gasteiger partial charge in [-0.3, -0.25) is 23.4 Å². The Morgan fingerprint density at radius 1 is 0.735 bits per heavy atom. The summed E-state index contributed by atoms with van der Waals surface area (Å²) in [5, 5.41) is 78.5. The highest BCUT2D eigenvalue weighted by Gasteiger charge is 2.49. The number of phosphoric acid groups is 1. The van der Waals surface area contributed by atoms with Crippen molar-refractivity contribution in [2.24, 2.45) is 11.8 Å². The first kappa shape index (κ1) is 61.0. The molecule has 1 saturated heterocycles. The normalized spacial score (nSPS) is 30.7. The average molecular weight is 983 g/mol. The van der Waals surface area contributed by atoms with E-state index in [-0.39, 0.29) is 19.3 Å². The molecule has 2 bridgehead atoms. The molecule has 1 aliphatic heterocycles. The first-order valence-electron chi connectivity index (χ1n) is 24.8. The predicted molar refractivity (Wildman–Crippen MR) is 259 cm³/mol. The molecule has 12 atom stereocenters. The van der Waals surface area contributed by atoms with Crippen molar-refractivity contribution >= 4 is 25.5 Å². The zero-order chi connectivity index (χ0) is 50.2. The van der Waals surface area contributed by atoms with Crippen molar-refractivity contribution < 1.29 is 78.1 Å². The van der Waals surface area contributed by atoms with E-state index in [0.29, 0.717) is 51.4 Å². The Morgan fingerprint density at radius 3 is 1.94 bits per heavy atom. The summed E-state index contributed by atoms with van der Waals surface area (Å²) >= 11 is 0. The van der Waals surface area contributed by atoms with Gasteiger partial charge < -0.3 is 50.1 Å². The van der Waals surface area contributed by atoms with Crippen LogP contribution < -0.4 is 0 Å². The van der Waals surface area contributed by atoms with Crippen LogP contribution in [0.1, 0.15) is 149 Å². The molecule has 1 heterocycles. The fourth-order valence-corrected chi connectivity index (χ4v) is 8.80. The van der Waals surface area contributed by atoms with Crippen LogP contribution in [0, 0.1) is 11.8 Å². The van der Waals surface area contributed by atoms with Crippen molar-refractivity contribution in [3.63, 3.8) is 0 Å². The summed E-state index contributed by atoms with van der Waals surface area (Å²) < 4.78 is 34.6. The van der Waals surface area contributed by atoms with Crippen molar-refractivity contribution in [2.75, 3.05) is 13.2 Å². The second-order valence-electron chi connectivity index (χ2n) is 17.7. The van der Waals surface area contributed by atoms with Gasteiger partial charge in [-0.05, 0) is 64.2 Å². The molecule has 0 aromatic carbocycles. The first-order valence-corrected chi connectivity index (χ1v) is 26.3. The molecule has 1 unspecified atom stereocenters. The summed E-state index contributed by atoms with van der Waals surface area (Å²) in [5.74, 6) is -4.99. The van der Waals surface area contributed by atoms with E-state index in [1.807, 2.05) is 25.2 Å². The van der Waals surface area contributed by atoms with Gasteiger partial charge in [-0.1, -0.05) is 138 Å². The van der Waals surface area contributed by atoms with Crippen LogP contribution in [0.15, 0.2) is 72.9 Å². The van der Waals surface area contributed by atoms with E-state index < -0.39 is 112 Å². The molecule has 388 valence electrons. The number of cyclic esters (lactones) is 1. The van der Waals surface area contributed by atoms with Gasteiger partial charge in [0.25, 0.3) is 0 Å². The van der Waals surface area contributed by atoms with Crippen LogP contribution in [-0.2, 0) is 37.5 Å². The zero-order valence-corrected chi connectivity index (χ0v) is 41.2. The lowest BCUT2D eigenvalue weighted by molar-refractivity contribution is -0.166. The van der Waals surface area contributed by atoms with E-state index in [1.54, 1.807) is 0 Å². The number of ether oxygens (including phenoxy) is 2. The Hall–Kier alpha value is -3.12. The number of hydrogen-bond acceptors (Lipinski definition) is 15. The number of allylic oxidation sites excluding steroid dienone is 10. The number of rotatable bonds is 23. The lowest BCUT2D eigenvalue weighted by Gasteiger charge is -2.36. The number of aliphatic hydroxyl groups excluding tert-OH is 7. The van der Waals surface area contributed by atoms with Gasteiger partial charge in [0.05, 0.1) is 31.0 Å². The number of unbranched alkanes of at least 4 members (excludes halogenated alkanes) is 5. The van der Waals surface area contributed by atoms with E-state index in [0.717, 1.165) is 38.5 Å². The van der Waals surface area contributed by atoms with E-state index in [1.165, 1.54) is 31.4 Å². The van der Waals surface area contributed by atoms with Crippen molar-refractivity contribution in [3.05, 3.63) is 72.9 Å². The SMILES string of the molecule is CCCCC/C=C\C/C=C\C/C=C\C/C=C\C/C=C\CCC(=O)OC[C@@H]1COP(=O)(O)O[C@H]2[C@H](O)[C@@H](O)[C@H](O)[C@@H](CCCCCCC(=O)O1)C(=O)C[C@@H](O)[C@H](/C=C/[C@@H](O)CCCCC)[C@@H](O)[C@H]2O. The van der Waals surface area contributed by atoms with Gasteiger partial charge in [0, 0.05) is 31.1 Å². The van der Waals surface area contributed by atoms with Gasteiger partial charge >= 0.3 is 19.8 Å². The van der Waals surface area contributed by atoms with Crippen LogP contribution in [0.5, 0.6) is 0 Å². The molecule has 2 aliphatic rings. The van der Waals surface area contributed by atoms with Gasteiger partial charge in [-0.25, -0.2) is 4.57 Å². The third-order valence-corrected chi connectivity index (χ3v) is 12.9. The Labute approximate surface area is 404 Å². The minimum Gasteiger partial charge on any atom is -0.462 e. The minimum atomic E-state index is -5.46. The third-order valence-electron chi connectivity index (χ3n) is 11.9. The summed E-state index contributed by atoms with van der Waals surface area (Å²) in [6.07, 6.45) is 17.5. The van der Waals surface area contributed by atoms with Crippen molar-refractivity contribution in [2.45, 2.75) is 204 Å². The third kappa shape index (κ3) is 25.7. The topological polar surface area (TPSA) is 267 Å². The number of esters is 2. The number of phosphoric ester groups is 1. The standard InChI is InChI=1S/C51H83O16P/c1-3-5-7-8-9-10-11-12-13-14-15-16-17-18-19-20-21-22-27-31-44(55)64-36-39-37-65-68(62,63)67-51-49(60)47(58)41(34-33-38(52)29-25-6-4-2)43(54)35-42(53)40(46(57)48(59)50(51)61)30-26-23-24-28-32-45(56)66-39/h9-10,12-13,15-16,18-19,21-22,33-34,38-41,43,46-52,54,57-61H,3-8,11,14,17,20,23-32,35-37H2,1-2H3,(H,62,63)/b10-9-,13-12-,16-15-,19-18-,22-21-,34-33+/t38-,39+,40-,41-,43+,46+,47+,48-,49+,50+,51+/m0/s1. The molecule has 0 radical (unpaired) electrons. The molecular weight excluding hydrogens is 900 g/mol. The van der Waals surface area contributed by atoms with Crippen LogP contribution in [0.3, 0.4) is 0 Å². The summed E-state index contributed by atoms with van der Waals surface area (Å²) in [7, 11) is -5.46. The van der Waals surface area contributed by atoms with Gasteiger partial charge in [-0.2, -0.15) is 0 Å². The van der Waals surface area contributed by atoms with Crippen LogP contribution in [-0.4, -0.2) is 127 Å². The summed E-state index contributed by atoms with van der Waals surface area (Å²) in [6.45, 7) is 2.74. The minimum absolute atomic E-state index is 0.0165. The molecular formula is C51H83O16P. The molecule has 2 rings (SSSR count). The molecule has 0 amide bonds. The highest BCUT2D eigenvalue weighted by atomic mass is 31.2. The Kier molecular flexibility index (Phi) is 32.2. The number of aliphatic hydroxyl groups is 7. The molecule has 68 heavy (non-hydrogen) atoms. The monoisotopic (exact) mass is 983 g/mol. The smallest absolute Gasteiger partial charge is 0.462 e. The number of carbonyl (C=O) groups excluding carboxylic acids is 3. The second-order valence-corrected chi connectivity index (χ2v) is 19.1. The van der Waals surface area contributed by atoms with Crippen molar-refractivity contribution in [1.82, 2.24) is 0 Å². The van der Waals surface area contributed by atoms with Crippen molar-refractivity contribution in [1.29, 1.82) is 0 Å². The fourth-order valence-electron chi connectivity index (χ4n) is 7.83. The average Bonchev–Trinajstić information content (AvgIpc) is 3.31. The van der Waals surface area contributed by atoms with E-state index in [4.69, 9.17) is 18.5 Å². The molecule has 1 aliphatic carbocycles. The molecule has 1 saturated carbocycles. The summed E-state index contributed by atoms with van der Waals surface area (Å²) in [4.78, 5) is 50.0. The van der Waals surface area contributed by atoms with Crippen LogP contribution in [0.2, 0.25) is 0 Å². The zero-order valence-electron chi connectivity index (χ0n) is 40.3. The molecule has 2 fully saturated rings. The van der Waals surface area contributed by atoms with E-state index in [9.17, 15) is 59.6 Å². The Bertz CT molecular complexity index is 1640. The van der Waals surface area contributed by atoms with Crippen molar-refractivity contribution in [3.8, 4) is 0 Å². The Balaban J connectivity index is 2.11. The maximum absolute atomic E-state index is 13.6. The van der Waals surface area contributed by atoms with E-state index in [2.05, 4.69) is 49.5 Å².